The van der Waals surface area contributed by atoms with Crippen LogP contribution in [0.15, 0.2) is 0 Å². The zero-order chi connectivity index (χ0) is 13.1. The molecule has 2 atom stereocenters. The van der Waals surface area contributed by atoms with Crippen molar-refractivity contribution in [3.8, 4) is 0 Å². The van der Waals surface area contributed by atoms with E-state index in [-0.39, 0.29) is 6.03 Å². The first-order chi connectivity index (χ1) is 7.34. The van der Waals surface area contributed by atoms with E-state index in [9.17, 15) is 13.9 Å². The lowest BCUT2D eigenvalue weighted by atomic mass is 10.6. The van der Waals surface area contributed by atoms with Crippen LogP contribution in [0, 0.1) is 0 Å². The number of hydrogen-bond acceptors (Lipinski definition) is 4. The average molecular weight is 274 g/mol. The Bertz CT molecular complexity index is 237. The normalized spacial score (nSPS) is 10.8. The summed E-state index contributed by atoms with van der Waals surface area (Å²) in [6.07, 6.45) is 0. The molecule has 0 fully saturated rings. The molecule has 3 N–H and O–H groups in total. The number of hydrogen-bond donors (Lipinski definition) is 3. The third-order valence-electron chi connectivity index (χ3n) is 1.29. The van der Waals surface area contributed by atoms with Gasteiger partial charge in [0.1, 0.15) is 0 Å². The van der Waals surface area contributed by atoms with E-state index in [1.807, 2.05) is 13.8 Å². The van der Waals surface area contributed by atoms with Crippen LogP contribution in [0.25, 0.3) is 0 Å². The molecule has 0 aliphatic rings. The molecule has 0 aromatic carbocycles. The summed E-state index contributed by atoms with van der Waals surface area (Å²) in [5, 5.41) is 2.68. The van der Waals surface area contributed by atoms with Crippen molar-refractivity contribution in [3.05, 3.63) is 0 Å². The monoisotopic (exact) mass is 274 g/mol. The second-order valence-electron chi connectivity index (χ2n) is 2.41. The van der Waals surface area contributed by atoms with Crippen LogP contribution in [-0.2, 0) is 13.4 Å². The fraction of sp³-hybridized carbons (Fsp3) is 0.833. The summed E-state index contributed by atoms with van der Waals surface area (Å²) in [5.41, 5.74) is 0. The molecule has 2 unspecified atom stereocenters. The zero-order valence-corrected chi connectivity index (χ0v) is 11.1. The van der Waals surface area contributed by atoms with Crippen LogP contribution in [0.1, 0.15) is 13.8 Å². The number of nitrogens with one attached hydrogen (secondary N) is 1. The quantitative estimate of drug-likeness (QED) is 0.658. The first-order valence-electron chi connectivity index (χ1n) is 4.34. The van der Waals surface area contributed by atoms with Crippen molar-refractivity contribution in [3.63, 3.8) is 0 Å². The van der Waals surface area contributed by atoms with E-state index in [0.29, 0.717) is 6.54 Å². The summed E-state index contributed by atoms with van der Waals surface area (Å²) < 4.78 is 22.2. The molecule has 0 rings (SSSR count). The Labute approximate surface area is 95.5 Å². The molecule has 0 heterocycles. The molecule has 0 bridgehead atoms. The maximum atomic E-state index is 10.8. The average Bonchev–Trinajstić information content (AvgIpc) is 2.15. The highest BCUT2D eigenvalue weighted by Gasteiger charge is 2.31. The second kappa shape index (κ2) is 10.9. The zero-order valence-electron chi connectivity index (χ0n) is 9.28. The number of amides is 2. The molecule has 0 aliphatic heterocycles. The summed E-state index contributed by atoms with van der Waals surface area (Å²) in [5.74, 6) is 0. The SMILES string of the molecule is CCNC(=O)N(C)CC.O=[P+](O)O[P+](=O)O. The molecule has 10 heteroatoms. The maximum absolute atomic E-state index is 10.8. The molecule has 0 aromatic heterocycles. The molecule has 0 saturated heterocycles. The van der Waals surface area contributed by atoms with E-state index in [0.717, 1.165) is 6.54 Å². The molecule has 94 valence electrons. The third kappa shape index (κ3) is 13.4. The van der Waals surface area contributed by atoms with Crippen LogP contribution in [0.3, 0.4) is 0 Å². The predicted octanol–water partition coefficient (Wildman–Crippen LogP) is 0.970. The molecule has 8 nitrogen and oxygen atoms in total. The summed E-state index contributed by atoms with van der Waals surface area (Å²) in [4.78, 5) is 27.7. The second-order valence-corrected chi connectivity index (χ2v) is 4.01. The van der Waals surface area contributed by atoms with Gasteiger partial charge in [-0.1, -0.05) is 0 Å². The first kappa shape index (κ1) is 17.7. The van der Waals surface area contributed by atoms with E-state index in [4.69, 9.17) is 9.79 Å². The minimum atomic E-state index is -2.92. The fourth-order valence-corrected chi connectivity index (χ4v) is 0.968. The van der Waals surface area contributed by atoms with Gasteiger partial charge in [-0.05, 0) is 13.8 Å². The fourth-order valence-electron chi connectivity index (χ4n) is 0.490. The van der Waals surface area contributed by atoms with Gasteiger partial charge in [0.05, 0.1) is 0 Å². The lowest BCUT2D eigenvalue weighted by Gasteiger charge is -2.13. The number of carbonyl (C=O) groups is 1. The van der Waals surface area contributed by atoms with E-state index in [2.05, 4.69) is 9.63 Å². The van der Waals surface area contributed by atoms with Crippen molar-refractivity contribution in [2.75, 3.05) is 20.1 Å². The molecular formula is C6H16N2O6P2+2. The standard InChI is InChI=1S/C6H14N2O.O5P2/c1-4-7-6(9)8(3)5-2;1-6(2)5-7(3)4/h4-5H2,1-3H3,(H,7,9);/p+2. The summed E-state index contributed by atoms with van der Waals surface area (Å²) in [6, 6.07) is 0.000000000000000444. The van der Waals surface area contributed by atoms with Crippen LogP contribution in [0.4, 0.5) is 4.79 Å². The largest absolute Gasteiger partial charge is 0.745 e. The summed E-state index contributed by atoms with van der Waals surface area (Å²) in [7, 11) is -4.08. The summed E-state index contributed by atoms with van der Waals surface area (Å²) in [6.45, 7) is 5.30. The Morgan fingerprint density at radius 1 is 1.31 bits per heavy atom. The lowest BCUT2D eigenvalue weighted by molar-refractivity contribution is 0.211. The van der Waals surface area contributed by atoms with Crippen molar-refractivity contribution >= 4 is 22.5 Å². The van der Waals surface area contributed by atoms with Crippen LogP contribution in [0.2, 0.25) is 0 Å². The molecule has 2 amide bonds. The van der Waals surface area contributed by atoms with Crippen LogP contribution >= 0.6 is 16.5 Å². The van der Waals surface area contributed by atoms with Gasteiger partial charge < -0.3 is 10.2 Å². The minimum Gasteiger partial charge on any atom is -0.338 e. The minimum absolute atomic E-state index is 0.000000000000000444. The van der Waals surface area contributed by atoms with Gasteiger partial charge in [-0.3, -0.25) is 0 Å². The van der Waals surface area contributed by atoms with E-state index < -0.39 is 16.5 Å². The molecular weight excluding hydrogens is 258 g/mol. The van der Waals surface area contributed by atoms with Gasteiger partial charge in [-0.15, -0.1) is 9.79 Å². The van der Waals surface area contributed by atoms with E-state index in [1.54, 1.807) is 11.9 Å². The molecule has 0 saturated carbocycles. The van der Waals surface area contributed by atoms with Crippen LogP contribution in [-0.4, -0.2) is 40.9 Å². The highest BCUT2D eigenvalue weighted by molar-refractivity contribution is 7.46. The van der Waals surface area contributed by atoms with Gasteiger partial charge in [0.25, 0.3) is 0 Å². The van der Waals surface area contributed by atoms with Gasteiger partial charge in [0, 0.05) is 29.3 Å². The smallest absolute Gasteiger partial charge is 0.338 e. The first-order valence-corrected chi connectivity index (χ1v) is 6.60. The highest BCUT2D eigenvalue weighted by atomic mass is 31.2. The summed E-state index contributed by atoms with van der Waals surface area (Å²) >= 11 is 0. The Morgan fingerprint density at radius 3 is 1.94 bits per heavy atom. The highest BCUT2D eigenvalue weighted by Crippen LogP contribution is 2.30. The Hall–Kier alpha value is -0.650. The molecule has 0 aromatic rings. The lowest BCUT2D eigenvalue weighted by Crippen LogP contribution is -2.36. The van der Waals surface area contributed by atoms with Crippen molar-refractivity contribution in [1.82, 2.24) is 10.2 Å². The number of nitrogens with zero attached hydrogens (tertiary/aromatic N) is 1. The van der Waals surface area contributed by atoms with Gasteiger partial charge in [0.2, 0.25) is 0 Å². The van der Waals surface area contributed by atoms with Gasteiger partial charge >= 0.3 is 22.5 Å². The molecule has 0 radical (unpaired) electrons. The third-order valence-corrected chi connectivity index (χ3v) is 2.41. The van der Waals surface area contributed by atoms with E-state index in [1.165, 1.54) is 0 Å². The molecule has 16 heavy (non-hydrogen) atoms. The molecule has 0 spiro atoms. The van der Waals surface area contributed by atoms with Crippen molar-refractivity contribution in [2.45, 2.75) is 13.8 Å². The maximum Gasteiger partial charge on any atom is 0.745 e. The number of urea groups is 1. The van der Waals surface area contributed by atoms with E-state index >= 15 is 0 Å². The molecule has 0 aliphatic carbocycles. The van der Waals surface area contributed by atoms with Crippen LogP contribution in [0.5, 0.6) is 0 Å². The number of carbonyl (C=O) groups excluding carboxylic acids is 1. The Kier molecular flexibility index (Phi) is 12.0. The van der Waals surface area contributed by atoms with Gasteiger partial charge in [-0.2, -0.15) is 0 Å². The van der Waals surface area contributed by atoms with Crippen molar-refractivity contribution in [2.24, 2.45) is 0 Å². The predicted molar refractivity (Wildman–Crippen MR) is 58.1 cm³/mol. The Morgan fingerprint density at radius 2 is 1.75 bits per heavy atom. The van der Waals surface area contributed by atoms with Gasteiger partial charge in [0.15, 0.2) is 4.31 Å². The van der Waals surface area contributed by atoms with Gasteiger partial charge in [-0.25, -0.2) is 4.79 Å². The number of rotatable bonds is 4. The van der Waals surface area contributed by atoms with Crippen molar-refractivity contribution in [1.29, 1.82) is 0 Å². The van der Waals surface area contributed by atoms with Crippen LogP contribution < -0.4 is 5.32 Å². The Balaban J connectivity index is 0. The topological polar surface area (TPSA) is 116 Å². The van der Waals surface area contributed by atoms with Crippen molar-refractivity contribution < 1.29 is 28.0 Å².